The largest absolute Gasteiger partial charge is 0.347 e. The van der Waals surface area contributed by atoms with E-state index in [1.165, 1.54) is 6.42 Å². The summed E-state index contributed by atoms with van der Waals surface area (Å²) in [7, 11) is 2.14. The first-order chi connectivity index (χ1) is 12.1. The van der Waals surface area contributed by atoms with Crippen LogP contribution in [0.2, 0.25) is 0 Å². The number of rotatable bonds is 4. The Morgan fingerprint density at radius 3 is 2.44 bits per heavy atom. The van der Waals surface area contributed by atoms with Gasteiger partial charge in [-0.15, -0.1) is 0 Å². The molecule has 0 aromatic heterocycles. The van der Waals surface area contributed by atoms with E-state index in [0.29, 0.717) is 6.04 Å². The van der Waals surface area contributed by atoms with Gasteiger partial charge in [-0.3, -0.25) is 14.5 Å². The van der Waals surface area contributed by atoms with E-state index in [9.17, 15) is 9.59 Å². The summed E-state index contributed by atoms with van der Waals surface area (Å²) in [5, 5.41) is 2.91. The second-order valence-electron chi connectivity index (χ2n) is 8.14. The van der Waals surface area contributed by atoms with Crippen molar-refractivity contribution in [1.82, 2.24) is 20.0 Å². The van der Waals surface area contributed by atoms with Crippen LogP contribution in [0.1, 0.15) is 39.0 Å². The Hall–Kier alpha value is -1.14. The third-order valence-electron chi connectivity index (χ3n) is 6.46. The number of amides is 2. The molecule has 6 heteroatoms. The van der Waals surface area contributed by atoms with E-state index in [2.05, 4.69) is 29.1 Å². The van der Waals surface area contributed by atoms with Gasteiger partial charge in [-0.1, -0.05) is 13.3 Å². The van der Waals surface area contributed by atoms with Gasteiger partial charge in [0.25, 0.3) is 0 Å². The van der Waals surface area contributed by atoms with Gasteiger partial charge in [0.05, 0.1) is 6.54 Å². The monoisotopic (exact) mass is 350 g/mol. The lowest BCUT2D eigenvalue weighted by atomic mass is 9.80. The molecule has 0 unspecified atom stereocenters. The Labute approximate surface area is 151 Å². The van der Waals surface area contributed by atoms with Gasteiger partial charge in [0, 0.05) is 51.2 Å². The zero-order chi connectivity index (χ0) is 17.8. The van der Waals surface area contributed by atoms with Crippen molar-refractivity contribution in [1.29, 1.82) is 0 Å². The highest BCUT2D eigenvalue weighted by atomic mass is 16.2. The quantitative estimate of drug-likeness (QED) is 0.814. The second kappa shape index (κ2) is 8.49. The number of nitrogens with one attached hydrogen (secondary N) is 1. The maximum absolute atomic E-state index is 12.5. The molecule has 0 aromatic carbocycles. The van der Waals surface area contributed by atoms with Gasteiger partial charge < -0.3 is 15.1 Å². The van der Waals surface area contributed by atoms with E-state index in [0.717, 1.165) is 70.9 Å². The van der Waals surface area contributed by atoms with Crippen LogP contribution in [0, 0.1) is 11.8 Å². The molecule has 1 aliphatic carbocycles. The van der Waals surface area contributed by atoms with Gasteiger partial charge in [-0.25, -0.2) is 0 Å². The van der Waals surface area contributed by atoms with Crippen LogP contribution in [0.3, 0.4) is 0 Å². The van der Waals surface area contributed by atoms with Crippen LogP contribution < -0.4 is 5.32 Å². The first-order valence-corrected chi connectivity index (χ1v) is 10.0. The zero-order valence-corrected chi connectivity index (χ0v) is 15.9. The molecule has 1 atom stereocenters. The third kappa shape index (κ3) is 4.73. The van der Waals surface area contributed by atoms with Crippen LogP contribution >= 0.6 is 0 Å². The summed E-state index contributed by atoms with van der Waals surface area (Å²) < 4.78 is 0. The van der Waals surface area contributed by atoms with Crippen LogP contribution in [-0.2, 0) is 9.59 Å². The molecule has 0 spiro atoms. The fraction of sp³-hybridized carbons (Fsp3) is 0.895. The zero-order valence-electron chi connectivity index (χ0n) is 15.9. The van der Waals surface area contributed by atoms with Gasteiger partial charge in [0.15, 0.2) is 0 Å². The minimum absolute atomic E-state index is 0.0727. The standard InChI is InChI=1S/C19H34N4O2/c1-3-15-4-6-16(7-5-15)19(25)20-12-18(24)23-11-10-22-9-8-21(2)13-17(22)14-23/h15-17H,3-14H2,1-2H3,(H,20,25)/t15?,16?,17-/m0/s1. The van der Waals surface area contributed by atoms with Gasteiger partial charge in [-0.2, -0.15) is 0 Å². The molecule has 3 rings (SSSR count). The first kappa shape index (κ1) is 18.6. The highest BCUT2D eigenvalue weighted by Crippen LogP contribution is 2.30. The van der Waals surface area contributed by atoms with Crippen LogP contribution in [0.25, 0.3) is 0 Å². The molecule has 3 fully saturated rings. The average molecular weight is 351 g/mol. The normalized spacial score (nSPS) is 31.4. The van der Waals surface area contributed by atoms with Crippen LogP contribution in [-0.4, -0.2) is 85.4 Å². The maximum atomic E-state index is 12.5. The number of nitrogens with zero attached hydrogens (tertiary/aromatic N) is 3. The molecule has 0 aromatic rings. The molecule has 2 amide bonds. The van der Waals surface area contributed by atoms with Crippen molar-refractivity contribution in [3.8, 4) is 0 Å². The predicted molar refractivity (Wildman–Crippen MR) is 98.2 cm³/mol. The lowest BCUT2D eigenvalue weighted by Crippen LogP contribution is -2.62. The highest BCUT2D eigenvalue weighted by Gasteiger charge is 2.33. The van der Waals surface area contributed by atoms with Crippen molar-refractivity contribution >= 4 is 11.8 Å². The van der Waals surface area contributed by atoms with Crippen molar-refractivity contribution in [2.45, 2.75) is 45.1 Å². The van der Waals surface area contributed by atoms with Crippen molar-refractivity contribution in [3.05, 3.63) is 0 Å². The summed E-state index contributed by atoms with van der Waals surface area (Å²) in [6.07, 6.45) is 5.48. The molecule has 1 saturated carbocycles. The van der Waals surface area contributed by atoms with Gasteiger partial charge in [0.2, 0.25) is 11.8 Å². The van der Waals surface area contributed by atoms with E-state index in [1.54, 1.807) is 0 Å². The Kier molecular flexibility index (Phi) is 6.34. The molecule has 2 saturated heterocycles. The summed E-state index contributed by atoms with van der Waals surface area (Å²) in [5.74, 6) is 1.05. The lowest BCUT2D eigenvalue weighted by molar-refractivity contribution is -0.137. The fourth-order valence-electron chi connectivity index (χ4n) is 4.59. The van der Waals surface area contributed by atoms with E-state index in [4.69, 9.17) is 0 Å². The molecule has 1 N–H and O–H groups in total. The summed E-state index contributed by atoms with van der Waals surface area (Å²) in [5.41, 5.74) is 0. The number of carbonyl (C=O) groups excluding carboxylic acids is 2. The maximum Gasteiger partial charge on any atom is 0.242 e. The Morgan fingerprint density at radius 1 is 1.00 bits per heavy atom. The van der Waals surface area contributed by atoms with Crippen molar-refractivity contribution in [2.24, 2.45) is 11.8 Å². The number of piperazine rings is 2. The molecular weight excluding hydrogens is 316 g/mol. The highest BCUT2D eigenvalue weighted by molar-refractivity contribution is 5.86. The fourth-order valence-corrected chi connectivity index (χ4v) is 4.59. The molecule has 0 bridgehead atoms. The van der Waals surface area contributed by atoms with E-state index in [1.807, 2.05) is 4.90 Å². The molecule has 0 radical (unpaired) electrons. The van der Waals surface area contributed by atoms with Gasteiger partial charge in [-0.05, 0) is 38.6 Å². The number of fused-ring (bicyclic) bond motifs is 1. The minimum Gasteiger partial charge on any atom is -0.347 e. The van der Waals surface area contributed by atoms with Crippen molar-refractivity contribution < 1.29 is 9.59 Å². The Balaban J connectivity index is 1.41. The van der Waals surface area contributed by atoms with Gasteiger partial charge in [0.1, 0.15) is 0 Å². The number of hydrogen-bond donors (Lipinski definition) is 1. The Bertz CT molecular complexity index is 476. The number of carbonyl (C=O) groups is 2. The summed E-state index contributed by atoms with van der Waals surface area (Å²) in [6, 6.07) is 0.441. The minimum atomic E-state index is 0.0727. The molecule has 3 aliphatic rings. The van der Waals surface area contributed by atoms with Crippen molar-refractivity contribution in [2.75, 3.05) is 52.9 Å². The smallest absolute Gasteiger partial charge is 0.242 e. The molecule has 2 heterocycles. The van der Waals surface area contributed by atoms with Gasteiger partial charge >= 0.3 is 0 Å². The van der Waals surface area contributed by atoms with Crippen LogP contribution in [0.5, 0.6) is 0 Å². The number of hydrogen-bond acceptors (Lipinski definition) is 4. The second-order valence-corrected chi connectivity index (χ2v) is 8.14. The number of likely N-dealkylation sites (N-methyl/N-ethyl adjacent to an activating group) is 1. The third-order valence-corrected chi connectivity index (χ3v) is 6.46. The van der Waals surface area contributed by atoms with E-state index in [-0.39, 0.29) is 24.3 Å². The Morgan fingerprint density at radius 2 is 1.72 bits per heavy atom. The van der Waals surface area contributed by atoms with Crippen molar-refractivity contribution in [3.63, 3.8) is 0 Å². The molecule has 25 heavy (non-hydrogen) atoms. The first-order valence-electron chi connectivity index (χ1n) is 10.0. The predicted octanol–water partition coefficient (Wildman–Crippen LogP) is 0.777. The van der Waals surface area contributed by atoms with Crippen LogP contribution in [0.15, 0.2) is 0 Å². The summed E-state index contributed by atoms with van der Waals surface area (Å²) in [6.45, 7) is 8.16. The molecule has 2 aliphatic heterocycles. The summed E-state index contributed by atoms with van der Waals surface area (Å²) >= 11 is 0. The van der Waals surface area contributed by atoms with E-state index >= 15 is 0 Å². The topological polar surface area (TPSA) is 55.9 Å². The van der Waals surface area contributed by atoms with Crippen LogP contribution in [0.4, 0.5) is 0 Å². The molecule has 142 valence electrons. The lowest BCUT2D eigenvalue weighted by Gasteiger charge is -2.46. The van der Waals surface area contributed by atoms with E-state index < -0.39 is 0 Å². The average Bonchev–Trinajstić information content (AvgIpc) is 2.65. The molecular formula is C19H34N4O2. The SMILES string of the molecule is CCC1CCC(C(=O)NCC(=O)N2CCN3CCN(C)C[C@H]3C2)CC1. The summed E-state index contributed by atoms with van der Waals surface area (Å²) in [4.78, 5) is 31.6. The molecule has 6 nitrogen and oxygen atoms in total.